The van der Waals surface area contributed by atoms with Crippen molar-refractivity contribution in [2.24, 2.45) is 0 Å². The Morgan fingerprint density at radius 2 is 1.94 bits per heavy atom. The number of aliphatic carboxylic acids is 1. The number of carbonyl (C=O) groups excluding carboxylic acids is 2. The van der Waals surface area contributed by atoms with Crippen molar-refractivity contribution < 1.29 is 23.9 Å². The summed E-state index contributed by atoms with van der Waals surface area (Å²) in [6.45, 7) is 2.24. The number of allylic oxidation sites excluding steroid dienone is 1. The third-order valence-electron chi connectivity index (χ3n) is 1.96. The van der Waals surface area contributed by atoms with E-state index in [1.807, 2.05) is 21.1 Å². The fourth-order valence-electron chi connectivity index (χ4n) is 1.39. The van der Waals surface area contributed by atoms with E-state index in [4.69, 9.17) is 4.74 Å². The highest BCUT2D eigenvalue weighted by molar-refractivity contribution is 5.72. The molecule has 0 saturated carbocycles. The van der Waals surface area contributed by atoms with Crippen LogP contribution in [0.5, 0.6) is 0 Å². The molecule has 0 aliphatic rings. The van der Waals surface area contributed by atoms with E-state index in [2.05, 4.69) is 0 Å². The van der Waals surface area contributed by atoms with Crippen LogP contribution >= 0.6 is 0 Å². The van der Waals surface area contributed by atoms with Crippen molar-refractivity contribution in [1.82, 2.24) is 0 Å². The van der Waals surface area contributed by atoms with Crippen molar-refractivity contribution in [3.8, 4) is 0 Å². The van der Waals surface area contributed by atoms with Gasteiger partial charge in [-0.3, -0.25) is 4.79 Å². The van der Waals surface area contributed by atoms with E-state index in [0.29, 0.717) is 11.0 Å². The summed E-state index contributed by atoms with van der Waals surface area (Å²) >= 11 is 0. The van der Waals surface area contributed by atoms with Gasteiger partial charge in [0, 0.05) is 12.4 Å². The van der Waals surface area contributed by atoms with Gasteiger partial charge in [-0.05, 0) is 6.92 Å². The van der Waals surface area contributed by atoms with E-state index in [1.165, 1.54) is 0 Å². The van der Waals surface area contributed by atoms with Crippen LogP contribution in [0.1, 0.15) is 19.8 Å². The maximum Gasteiger partial charge on any atom is 0.310 e. The number of carboxylic acid groups (broad SMARTS) is 1. The summed E-state index contributed by atoms with van der Waals surface area (Å²) in [5, 5.41) is 10.6. The van der Waals surface area contributed by atoms with Crippen molar-refractivity contribution in [2.75, 3.05) is 27.7 Å². The van der Waals surface area contributed by atoms with Crippen LogP contribution in [-0.4, -0.2) is 50.2 Å². The molecule has 1 atom stereocenters. The van der Waals surface area contributed by atoms with Crippen LogP contribution in [0, 0.1) is 0 Å². The lowest BCUT2D eigenvalue weighted by atomic mass is 10.2. The summed E-state index contributed by atoms with van der Waals surface area (Å²) in [5.41, 5.74) is 0. The summed E-state index contributed by atoms with van der Waals surface area (Å²) in [6, 6.07) is 0. The monoisotopic (exact) mass is 243 g/mol. The van der Waals surface area contributed by atoms with Crippen LogP contribution in [0.4, 0.5) is 0 Å². The molecule has 0 radical (unpaired) electrons. The molecule has 0 rings (SSSR count). The Morgan fingerprint density at radius 3 is 2.35 bits per heavy atom. The number of carboxylic acids is 1. The first kappa shape index (κ1) is 15.6. The predicted octanol–water partition coefficient (Wildman–Crippen LogP) is -0.289. The van der Waals surface area contributed by atoms with E-state index >= 15 is 0 Å². The second-order valence-corrected chi connectivity index (χ2v) is 4.93. The summed E-state index contributed by atoms with van der Waals surface area (Å²) in [7, 11) is 5.71. The zero-order valence-corrected chi connectivity index (χ0v) is 10.9. The molecule has 0 bridgehead atoms. The van der Waals surface area contributed by atoms with Gasteiger partial charge in [0.1, 0.15) is 6.54 Å². The molecule has 98 valence electrons. The van der Waals surface area contributed by atoms with Gasteiger partial charge in [0.2, 0.25) is 0 Å². The zero-order chi connectivity index (χ0) is 13.5. The van der Waals surface area contributed by atoms with Gasteiger partial charge >= 0.3 is 5.97 Å². The normalized spacial score (nSPS) is 13.6. The second-order valence-electron chi connectivity index (χ2n) is 4.93. The molecule has 17 heavy (non-hydrogen) atoms. The number of carbonyl (C=O) groups is 2. The Kier molecular flexibility index (Phi) is 6.50. The maximum atomic E-state index is 11.4. The molecule has 0 N–H and O–H groups in total. The lowest BCUT2D eigenvalue weighted by molar-refractivity contribution is -0.873. The second kappa shape index (κ2) is 7.06. The minimum Gasteiger partial charge on any atom is -0.550 e. The molecule has 5 heteroatoms. The number of esters is 1. The molecular formula is C12H21NO4. The number of nitrogens with zero attached hydrogens (tertiary/aromatic N) is 1. The Balaban J connectivity index is 4.37. The average Bonchev–Trinajstić information content (AvgIpc) is 2.10. The Hall–Kier alpha value is -1.36. The molecule has 0 saturated heterocycles. The van der Waals surface area contributed by atoms with E-state index in [9.17, 15) is 14.7 Å². The molecule has 0 aromatic carbocycles. The van der Waals surface area contributed by atoms with Crippen LogP contribution < -0.4 is 5.11 Å². The minimum atomic E-state index is -1.21. The molecule has 5 nitrogen and oxygen atoms in total. The van der Waals surface area contributed by atoms with Crippen LogP contribution in [-0.2, 0) is 14.3 Å². The van der Waals surface area contributed by atoms with Gasteiger partial charge in [0.15, 0.2) is 6.10 Å². The van der Waals surface area contributed by atoms with E-state index in [-0.39, 0.29) is 12.8 Å². The van der Waals surface area contributed by atoms with Crippen molar-refractivity contribution in [1.29, 1.82) is 0 Å². The number of quaternary nitrogens is 1. The first-order valence-electron chi connectivity index (χ1n) is 5.55. The fraction of sp³-hybridized carbons (Fsp3) is 0.667. The van der Waals surface area contributed by atoms with Crippen LogP contribution in [0.15, 0.2) is 12.2 Å². The number of hydrogen-bond donors (Lipinski definition) is 0. The first-order valence-corrected chi connectivity index (χ1v) is 5.55. The summed E-state index contributed by atoms with van der Waals surface area (Å²) in [5.74, 6) is -1.62. The van der Waals surface area contributed by atoms with Gasteiger partial charge < -0.3 is 19.1 Å². The average molecular weight is 243 g/mol. The van der Waals surface area contributed by atoms with E-state index < -0.39 is 18.0 Å². The Labute approximate surface area is 102 Å². The van der Waals surface area contributed by atoms with Crippen molar-refractivity contribution in [2.45, 2.75) is 25.9 Å². The van der Waals surface area contributed by atoms with Gasteiger partial charge in [-0.2, -0.15) is 0 Å². The summed E-state index contributed by atoms with van der Waals surface area (Å²) in [6.07, 6.45) is 2.67. The Morgan fingerprint density at radius 1 is 1.35 bits per heavy atom. The largest absolute Gasteiger partial charge is 0.550 e. The summed E-state index contributed by atoms with van der Waals surface area (Å²) in [4.78, 5) is 22.0. The molecule has 0 aromatic heterocycles. The van der Waals surface area contributed by atoms with Gasteiger partial charge in [-0.1, -0.05) is 12.2 Å². The standard InChI is InChI=1S/C12H21NO4/c1-5-6-7-12(16)17-10(8-11(14)15)9-13(2,3)4/h5-6,10H,7-9H2,1-4H3/b6-5+. The molecule has 0 fully saturated rings. The van der Waals surface area contributed by atoms with Crippen LogP contribution in [0.25, 0.3) is 0 Å². The minimum absolute atomic E-state index is 0.164. The molecule has 0 aromatic rings. The molecule has 0 heterocycles. The third kappa shape index (κ3) is 9.56. The van der Waals surface area contributed by atoms with Crippen molar-refractivity contribution in [3.63, 3.8) is 0 Å². The fourth-order valence-corrected chi connectivity index (χ4v) is 1.39. The van der Waals surface area contributed by atoms with Gasteiger partial charge in [0.05, 0.1) is 27.6 Å². The number of hydrogen-bond acceptors (Lipinski definition) is 4. The molecule has 1 unspecified atom stereocenters. The third-order valence-corrected chi connectivity index (χ3v) is 1.96. The quantitative estimate of drug-likeness (QED) is 0.350. The lowest BCUT2D eigenvalue weighted by Crippen LogP contribution is -2.45. The molecular weight excluding hydrogens is 222 g/mol. The number of likely N-dealkylation sites (N-methyl/N-ethyl adjacent to an activating group) is 1. The predicted molar refractivity (Wildman–Crippen MR) is 61.8 cm³/mol. The maximum absolute atomic E-state index is 11.4. The number of rotatable bonds is 7. The topological polar surface area (TPSA) is 66.4 Å². The smallest absolute Gasteiger partial charge is 0.310 e. The van der Waals surface area contributed by atoms with Gasteiger partial charge in [-0.25, -0.2) is 0 Å². The first-order chi connectivity index (χ1) is 7.74. The zero-order valence-electron chi connectivity index (χ0n) is 10.9. The van der Waals surface area contributed by atoms with Crippen molar-refractivity contribution in [3.05, 3.63) is 12.2 Å². The van der Waals surface area contributed by atoms with Crippen LogP contribution in [0.2, 0.25) is 0 Å². The molecule has 0 aliphatic heterocycles. The SMILES string of the molecule is C/C=C/CC(=O)OC(CC(=O)[O-])C[N+](C)(C)C. The highest BCUT2D eigenvalue weighted by Gasteiger charge is 2.21. The van der Waals surface area contributed by atoms with Gasteiger partial charge in [0.25, 0.3) is 0 Å². The number of ether oxygens (including phenoxy) is 1. The molecule has 0 spiro atoms. The van der Waals surface area contributed by atoms with Crippen LogP contribution in [0.3, 0.4) is 0 Å². The molecule has 0 amide bonds. The highest BCUT2D eigenvalue weighted by atomic mass is 16.5. The van der Waals surface area contributed by atoms with E-state index in [1.54, 1.807) is 19.1 Å². The van der Waals surface area contributed by atoms with E-state index in [0.717, 1.165) is 0 Å². The highest BCUT2D eigenvalue weighted by Crippen LogP contribution is 2.06. The van der Waals surface area contributed by atoms with Gasteiger partial charge in [-0.15, -0.1) is 0 Å². The molecule has 0 aliphatic carbocycles. The summed E-state index contributed by atoms with van der Waals surface area (Å²) < 4.78 is 5.64. The Bertz CT molecular complexity index is 291. The van der Waals surface area contributed by atoms with Crippen molar-refractivity contribution >= 4 is 11.9 Å². The lowest BCUT2D eigenvalue weighted by Gasteiger charge is -2.29.